The predicted octanol–water partition coefficient (Wildman–Crippen LogP) is 2.08. The smallest absolute Gasteiger partial charge is 0.239 e. The quantitative estimate of drug-likeness (QED) is 0.851. The summed E-state index contributed by atoms with van der Waals surface area (Å²) in [7, 11) is 0. The van der Waals surface area contributed by atoms with E-state index in [2.05, 4.69) is 4.90 Å². The van der Waals surface area contributed by atoms with Gasteiger partial charge in [0.1, 0.15) is 5.82 Å². The molecule has 3 rings (SSSR count). The van der Waals surface area contributed by atoms with Crippen LogP contribution in [0.5, 0.6) is 0 Å². The van der Waals surface area contributed by atoms with Gasteiger partial charge in [0.15, 0.2) is 0 Å². The molecule has 2 atom stereocenters. The molecular formula is C18H25FN2O2. The van der Waals surface area contributed by atoms with Crippen molar-refractivity contribution in [2.45, 2.75) is 38.3 Å². The number of halogens is 1. The Kier molecular flexibility index (Phi) is 5.28. The van der Waals surface area contributed by atoms with E-state index in [1.807, 2.05) is 17.9 Å². The molecule has 1 amide bonds. The highest BCUT2D eigenvalue weighted by Crippen LogP contribution is 2.23. The third-order valence-corrected chi connectivity index (χ3v) is 4.97. The number of morpholine rings is 1. The zero-order valence-electron chi connectivity index (χ0n) is 13.7. The summed E-state index contributed by atoms with van der Waals surface area (Å²) >= 11 is 0. The summed E-state index contributed by atoms with van der Waals surface area (Å²) in [6, 6.07) is 6.80. The van der Waals surface area contributed by atoms with Gasteiger partial charge >= 0.3 is 0 Å². The first-order valence-corrected chi connectivity index (χ1v) is 8.52. The van der Waals surface area contributed by atoms with E-state index in [1.165, 1.54) is 6.07 Å². The normalized spacial score (nSPS) is 23.9. The lowest BCUT2D eigenvalue weighted by Crippen LogP contribution is -2.52. The third-order valence-electron chi connectivity index (χ3n) is 4.97. The Morgan fingerprint density at radius 2 is 2.13 bits per heavy atom. The van der Waals surface area contributed by atoms with E-state index < -0.39 is 0 Å². The Morgan fingerprint density at radius 1 is 1.35 bits per heavy atom. The van der Waals surface area contributed by atoms with E-state index in [0.29, 0.717) is 13.2 Å². The van der Waals surface area contributed by atoms with Crippen LogP contribution in [0.3, 0.4) is 0 Å². The van der Waals surface area contributed by atoms with E-state index in [0.717, 1.165) is 44.5 Å². The molecule has 4 nitrogen and oxygen atoms in total. The SMILES string of the molecule is C[C@H](C(=O)N1CCC[C@H]1Cc1cccc(F)c1)N1CCOCC1. The minimum absolute atomic E-state index is 0.105. The van der Waals surface area contributed by atoms with Crippen LogP contribution >= 0.6 is 0 Å². The van der Waals surface area contributed by atoms with Gasteiger partial charge in [-0.2, -0.15) is 0 Å². The van der Waals surface area contributed by atoms with Crippen molar-refractivity contribution < 1.29 is 13.9 Å². The van der Waals surface area contributed by atoms with Crippen LogP contribution in [0.15, 0.2) is 24.3 Å². The number of rotatable bonds is 4. The Hall–Kier alpha value is -1.46. The minimum Gasteiger partial charge on any atom is -0.379 e. The van der Waals surface area contributed by atoms with E-state index in [-0.39, 0.29) is 23.8 Å². The average molecular weight is 320 g/mol. The van der Waals surface area contributed by atoms with Gasteiger partial charge < -0.3 is 9.64 Å². The molecule has 0 bridgehead atoms. The fraction of sp³-hybridized carbons (Fsp3) is 0.611. The molecule has 0 aliphatic carbocycles. The molecule has 1 aromatic rings. The van der Waals surface area contributed by atoms with Gasteiger partial charge in [0.2, 0.25) is 5.91 Å². The van der Waals surface area contributed by atoms with Crippen molar-refractivity contribution >= 4 is 5.91 Å². The summed E-state index contributed by atoms with van der Waals surface area (Å²) in [6.45, 7) is 5.83. The number of carbonyl (C=O) groups excluding carboxylic acids is 1. The van der Waals surface area contributed by atoms with Crippen LogP contribution in [0.1, 0.15) is 25.3 Å². The van der Waals surface area contributed by atoms with Crippen LogP contribution in [0.2, 0.25) is 0 Å². The van der Waals surface area contributed by atoms with Crippen LogP contribution in [0.4, 0.5) is 4.39 Å². The van der Waals surface area contributed by atoms with Crippen molar-refractivity contribution in [3.63, 3.8) is 0 Å². The van der Waals surface area contributed by atoms with Crippen molar-refractivity contribution in [3.8, 4) is 0 Å². The number of ether oxygens (including phenoxy) is 1. The van der Waals surface area contributed by atoms with Gasteiger partial charge in [-0.1, -0.05) is 12.1 Å². The topological polar surface area (TPSA) is 32.8 Å². The third kappa shape index (κ3) is 3.90. The van der Waals surface area contributed by atoms with Crippen LogP contribution in [0, 0.1) is 5.82 Å². The Bertz CT molecular complexity index is 546. The number of amides is 1. The predicted molar refractivity (Wildman–Crippen MR) is 86.7 cm³/mol. The molecule has 0 aromatic heterocycles. The number of hydrogen-bond acceptors (Lipinski definition) is 3. The summed E-state index contributed by atoms with van der Waals surface area (Å²) in [5.41, 5.74) is 0.966. The van der Waals surface area contributed by atoms with Gasteiger partial charge in [0.25, 0.3) is 0 Å². The maximum atomic E-state index is 13.4. The Morgan fingerprint density at radius 3 is 2.87 bits per heavy atom. The zero-order valence-corrected chi connectivity index (χ0v) is 13.7. The molecule has 2 aliphatic heterocycles. The first kappa shape index (κ1) is 16.4. The first-order valence-electron chi connectivity index (χ1n) is 8.52. The summed E-state index contributed by atoms with van der Waals surface area (Å²) < 4.78 is 18.7. The highest BCUT2D eigenvalue weighted by Gasteiger charge is 2.34. The lowest BCUT2D eigenvalue weighted by Gasteiger charge is -2.35. The molecule has 0 unspecified atom stereocenters. The van der Waals surface area contributed by atoms with Crippen LogP contribution in [-0.4, -0.2) is 60.6 Å². The fourth-order valence-corrected chi connectivity index (χ4v) is 3.64. The van der Waals surface area contributed by atoms with Crippen molar-refractivity contribution in [2.24, 2.45) is 0 Å². The highest BCUT2D eigenvalue weighted by atomic mass is 19.1. The van der Waals surface area contributed by atoms with Crippen LogP contribution in [-0.2, 0) is 16.0 Å². The number of nitrogens with zero attached hydrogens (tertiary/aromatic N) is 2. The molecule has 0 saturated carbocycles. The van der Waals surface area contributed by atoms with Crippen molar-refractivity contribution in [1.29, 1.82) is 0 Å². The lowest BCUT2D eigenvalue weighted by atomic mass is 10.0. The molecule has 0 N–H and O–H groups in total. The number of carbonyl (C=O) groups is 1. The molecule has 2 saturated heterocycles. The second kappa shape index (κ2) is 7.41. The van der Waals surface area contributed by atoms with E-state index in [1.54, 1.807) is 12.1 Å². The number of benzene rings is 1. The largest absolute Gasteiger partial charge is 0.379 e. The monoisotopic (exact) mass is 320 g/mol. The summed E-state index contributed by atoms with van der Waals surface area (Å²) in [6.07, 6.45) is 2.76. The highest BCUT2D eigenvalue weighted by molar-refractivity contribution is 5.82. The summed E-state index contributed by atoms with van der Waals surface area (Å²) in [5.74, 6) is -0.00846. The lowest BCUT2D eigenvalue weighted by molar-refractivity contribution is -0.138. The number of hydrogen-bond donors (Lipinski definition) is 0. The van der Waals surface area contributed by atoms with Crippen molar-refractivity contribution in [3.05, 3.63) is 35.6 Å². The maximum absolute atomic E-state index is 13.4. The van der Waals surface area contributed by atoms with Gasteiger partial charge in [0, 0.05) is 25.7 Å². The average Bonchev–Trinajstić information content (AvgIpc) is 3.02. The Labute approximate surface area is 137 Å². The molecule has 0 spiro atoms. The molecule has 23 heavy (non-hydrogen) atoms. The second-order valence-electron chi connectivity index (χ2n) is 6.49. The molecule has 1 aromatic carbocycles. The molecule has 2 fully saturated rings. The standard InChI is InChI=1S/C18H25FN2O2/c1-14(20-8-10-23-11-9-20)18(22)21-7-3-6-17(21)13-15-4-2-5-16(19)12-15/h2,4-5,12,14,17H,3,6-11,13H2,1H3/t14-,17+/m1/s1. The second-order valence-corrected chi connectivity index (χ2v) is 6.49. The van der Waals surface area contributed by atoms with E-state index in [9.17, 15) is 9.18 Å². The van der Waals surface area contributed by atoms with Gasteiger partial charge in [-0.25, -0.2) is 4.39 Å². The van der Waals surface area contributed by atoms with Gasteiger partial charge in [-0.3, -0.25) is 9.69 Å². The van der Waals surface area contributed by atoms with Crippen LogP contribution in [0.25, 0.3) is 0 Å². The van der Waals surface area contributed by atoms with Crippen molar-refractivity contribution in [2.75, 3.05) is 32.8 Å². The maximum Gasteiger partial charge on any atom is 0.239 e. The van der Waals surface area contributed by atoms with E-state index >= 15 is 0 Å². The van der Waals surface area contributed by atoms with Gasteiger partial charge in [0.05, 0.1) is 19.3 Å². The number of likely N-dealkylation sites (tertiary alicyclic amines) is 1. The minimum atomic E-state index is -0.208. The molecule has 126 valence electrons. The summed E-state index contributed by atoms with van der Waals surface area (Å²) in [4.78, 5) is 17.1. The van der Waals surface area contributed by atoms with Gasteiger partial charge in [-0.15, -0.1) is 0 Å². The van der Waals surface area contributed by atoms with Crippen LogP contribution < -0.4 is 0 Å². The molecule has 0 radical (unpaired) electrons. The molecule has 2 aliphatic rings. The van der Waals surface area contributed by atoms with Gasteiger partial charge in [-0.05, 0) is 43.9 Å². The molecule has 2 heterocycles. The molecule has 5 heteroatoms. The Balaban J connectivity index is 1.64. The van der Waals surface area contributed by atoms with Crippen molar-refractivity contribution in [1.82, 2.24) is 9.80 Å². The first-order chi connectivity index (χ1) is 11.1. The summed E-state index contributed by atoms with van der Waals surface area (Å²) in [5, 5.41) is 0. The van der Waals surface area contributed by atoms with E-state index in [4.69, 9.17) is 4.74 Å². The fourth-order valence-electron chi connectivity index (χ4n) is 3.64. The molecular weight excluding hydrogens is 295 g/mol. The zero-order chi connectivity index (χ0) is 16.2.